The number of benzene rings is 2. The molecule has 0 radical (unpaired) electrons. The standard InChI is InChI=1S/C20H23BrN2O3/c1-5-19(24)23-17-11-15(8-6-13(17)4)22-20(25)16-10-14(21)7-9-18(16)26-12(2)3/h6-12H,5H2,1-4H3,(H,22,25)(H,23,24). The van der Waals surface area contributed by atoms with E-state index in [4.69, 9.17) is 4.74 Å². The summed E-state index contributed by atoms with van der Waals surface area (Å²) in [6.45, 7) is 7.51. The molecular formula is C20H23BrN2O3. The maximum atomic E-state index is 12.7. The van der Waals surface area contributed by atoms with Crippen LogP contribution < -0.4 is 15.4 Å². The van der Waals surface area contributed by atoms with Crippen LogP contribution in [0.25, 0.3) is 0 Å². The van der Waals surface area contributed by atoms with E-state index in [0.29, 0.717) is 29.1 Å². The molecule has 0 atom stereocenters. The molecule has 2 N–H and O–H groups in total. The Balaban J connectivity index is 2.26. The molecule has 2 aromatic rings. The lowest BCUT2D eigenvalue weighted by atomic mass is 10.1. The average Bonchev–Trinajstić information content (AvgIpc) is 2.58. The molecule has 0 bridgehead atoms. The van der Waals surface area contributed by atoms with Crippen molar-refractivity contribution >= 4 is 39.1 Å². The molecule has 0 unspecified atom stereocenters. The Hall–Kier alpha value is -2.34. The van der Waals surface area contributed by atoms with Crippen LogP contribution >= 0.6 is 15.9 Å². The fraction of sp³-hybridized carbons (Fsp3) is 0.300. The predicted octanol–water partition coefficient (Wildman–Crippen LogP) is 5.15. The first-order valence-corrected chi connectivity index (χ1v) is 9.27. The predicted molar refractivity (Wildman–Crippen MR) is 108 cm³/mol. The van der Waals surface area contributed by atoms with E-state index in [9.17, 15) is 9.59 Å². The minimum Gasteiger partial charge on any atom is -0.490 e. The number of ether oxygens (including phenoxy) is 1. The lowest BCUT2D eigenvalue weighted by Gasteiger charge is -2.15. The fourth-order valence-electron chi connectivity index (χ4n) is 2.31. The third kappa shape index (κ3) is 5.33. The minimum atomic E-state index is -0.279. The summed E-state index contributed by atoms with van der Waals surface area (Å²) in [5, 5.41) is 5.70. The highest BCUT2D eigenvalue weighted by molar-refractivity contribution is 9.10. The zero-order valence-electron chi connectivity index (χ0n) is 15.4. The molecule has 26 heavy (non-hydrogen) atoms. The summed E-state index contributed by atoms with van der Waals surface area (Å²) < 4.78 is 6.52. The molecule has 0 saturated heterocycles. The number of aryl methyl sites for hydroxylation is 1. The molecule has 2 aromatic carbocycles. The molecule has 138 valence electrons. The van der Waals surface area contributed by atoms with E-state index in [1.807, 2.05) is 32.9 Å². The smallest absolute Gasteiger partial charge is 0.259 e. The van der Waals surface area contributed by atoms with Gasteiger partial charge >= 0.3 is 0 Å². The van der Waals surface area contributed by atoms with Crippen molar-refractivity contribution in [1.82, 2.24) is 0 Å². The van der Waals surface area contributed by atoms with Crippen LogP contribution in [0.15, 0.2) is 40.9 Å². The lowest BCUT2D eigenvalue weighted by Crippen LogP contribution is -2.16. The number of halogens is 1. The van der Waals surface area contributed by atoms with Crippen molar-refractivity contribution in [1.29, 1.82) is 0 Å². The average molecular weight is 419 g/mol. The summed E-state index contributed by atoms with van der Waals surface area (Å²) >= 11 is 3.39. The van der Waals surface area contributed by atoms with Crippen molar-refractivity contribution in [3.05, 3.63) is 52.0 Å². The Morgan fingerprint density at radius 3 is 2.50 bits per heavy atom. The molecule has 0 aliphatic rings. The first-order chi connectivity index (χ1) is 12.3. The van der Waals surface area contributed by atoms with Crippen molar-refractivity contribution < 1.29 is 14.3 Å². The van der Waals surface area contributed by atoms with E-state index < -0.39 is 0 Å². The van der Waals surface area contributed by atoms with E-state index in [1.54, 1.807) is 31.2 Å². The molecule has 2 rings (SSSR count). The molecule has 2 amide bonds. The van der Waals surface area contributed by atoms with E-state index in [0.717, 1.165) is 10.0 Å². The topological polar surface area (TPSA) is 67.4 Å². The minimum absolute atomic E-state index is 0.0436. The van der Waals surface area contributed by atoms with Gasteiger partial charge in [0.25, 0.3) is 5.91 Å². The van der Waals surface area contributed by atoms with Gasteiger partial charge in [0.1, 0.15) is 5.75 Å². The van der Waals surface area contributed by atoms with Crippen LogP contribution in [0.2, 0.25) is 0 Å². The largest absolute Gasteiger partial charge is 0.490 e. The molecule has 0 spiro atoms. The van der Waals surface area contributed by atoms with Crippen molar-refractivity contribution in [3.63, 3.8) is 0 Å². The van der Waals surface area contributed by atoms with Gasteiger partial charge in [-0.3, -0.25) is 9.59 Å². The van der Waals surface area contributed by atoms with E-state index in [2.05, 4.69) is 26.6 Å². The van der Waals surface area contributed by atoms with E-state index in [-0.39, 0.29) is 17.9 Å². The van der Waals surface area contributed by atoms with Gasteiger partial charge in [0.2, 0.25) is 5.91 Å². The van der Waals surface area contributed by atoms with Crippen LogP contribution in [-0.2, 0) is 4.79 Å². The third-order valence-corrected chi connectivity index (χ3v) is 4.13. The van der Waals surface area contributed by atoms with E-state index in [1.165, 1.54) is 0 Å². The van der Waals surface area contributed by atoms with Gasteiger partial charge in [0.05, 0.1) is 11.7 Å². The summed E-state index contributed by atoms with van der Waals surface area (Å²) in [6.07, 6.45) is 0.349. The van der Waals surface area contributed by atoms with Gasteiger partial charge in [-0.1, -0.05) is 28.9 Å². The number of carbonyl (C=O) groups excluding carboxylic acids is 2. The summed E-state index contributed by atoms with van der Waals surface area (Å²) in [5.41, 5.74) is 2.65. The molecular weight excluding hydrogens is 396 g/mol. The number of nitrogens with one attached hydrogen (secondary N) is 2. The summed E-state index contributed by atoms with van der Waals surface area (Å²) in [7, 11) is 0. The number of rotatable bonds is 6. The second-order valence-electron chi connectivity index (χ2n) is 6.19. The van der Waals surface area contributed by atoms with Crippen molar-refractivity contribution in [2.75, 3.05) is 10.6 Å². The molecule has 0 aromatic heterocycles. The van der Waals surface area contributed by atoms with E-state index >= 15 is 0 Å². The van der Waals surface area contributed by atoms with Gasteiger partial charge < -0.3 is 15.4 Å². The van der Waals surface area contributed by atoms with Gasteiger partial charge in [-0.15, -0.1) is 0 Å². The number of hydrogen-bond donors (Lipinski definition) is 2. The van der Waals surface area contributed by atoms with Crippen LogP contribution in [-0.4, -0.2) is 17.9 Å². The Bertz CT molecular complexity index is 819. The lowest BCUT2D eigenvalue weighted by molar-refractivity contribution is -0.115. The quantitative estimate of drug-likeness (QED) is 0.681. The SMILES string of the molecule is CCC(=O)Nc1cc(NC(=O)c2cc(Br)ccc2OC(C)C)ccc1C. The number of anilines is 2. The maximum Gasteiger partial charge on any atom is 0.259 e. The summed E-state index contributed by atoms with van der Waals surface area (Å²) in [6, 6.07) is 10.7. The fourth-order valence-corrected chi connectivity index (χ4v) is 2.67. The Morgan fingerprint density at radius 1 is 1.12 bits per heavy atom. The molecule has 5 nitrogen and oxygen atoms in total. The Morgan fingerprint density at radius 2 is 1.85 bits per heavy atom. The van der Waals surface area contributed by atoms with Gasteiger partial charge in [0, 0.05) is 22.3 Å². The van der Waals surface area contributed by atoms with Crippen molar-refractivity contribution in [2.45, 2.75) is 40.2 Å². The normalized spacial score (nSPS) is 10.5. The molecule has 0 aliphatic carbocycles. The third-order valence-electron chi connectivity index (χ3n) is 3.64. The highest BCUT2D eigenvalue weighted by atomic mass is 79.9. The second kappa shape index (κ2) is 8.85. The Kier molecular flexibility index (Phi) is 6.80. The second-order valence-corrected chi connectivity index (χ2v) is 7.11. The molecule has 0 fully saturated rings. The van der Waals surface area contributed by atoms with Gasteiger partial charge in [-0.25, -0.2) is 0 Å². The van der Waals surface area contributed by atoms with Gasteiger partial charge in [-0.2, -0.15) is 0 Å². The van der Waals surface area contributed by atoms with Crippen LogP contribution in [0.4, 0.5) is 11.4 Å². The highest BCUT2D eigenvalue weighted by Gasteiger charge is 2.15. The van der Waals surface area contributed by atoms with Crippen LogP contribution in [0, 0.1) is 6.92 Å². The number of carbonyl (C=O) groups is 2. The zero-order valence-corrected chi connectivity index (χ0v) is 16.9. The van der Waals surface area contributed by atoms with Crippen molar-refractivity contribution in [2.24, 2.45) is 0 Å². The first-order valence-electron chi connectivity index (χ1n) is 8.48. The van der Waals surface area contributed by atoms with Crippen molar-refractivity contribution in [3.8, 4) is 5.75 Å². The van der Waals surface area contributed by atoms with Gasteiger partial charge in [0.15, 0.2) is 0 Å². The zero-order chi connectivity index (χ0) is 19.3. The summed E-state index contributed by atoms with van der Waals surface area (Å²) in [4.78, 5) is 24.4. The monoisotopic (exact) mass is 418 g/mol. The summed E-state index contributed by atoms with van der Waals surface area (Å²) in [5.74, 6) is 0.169. The van der Waals surface area contributed by atoms with Crippen LogP contribution in [0.3, 0.4) is 0 Å². The molecule has 0 saturated carbocycles. The number of amides is 2. The molecule has 0 heterocycles. The highest BCUT2D eigenvalue weighted by Crippen LogP contribution is 2.26. The molecule has 0 aliphatic heterocycles. The van der Waals surface area contributed by atoms with Crippen LogP contribution in [0.5, 0.6) is 5.75 Å². The van der Waals surface area contributed by atoms with Gasteiger partial charge in [-0.05, 0) is 56.7 Å². The van der Waals surface area contributed by atoms with Crippen LogP contribution in [0.1, 0.15) is 43.1 Å². The Labute approximate surface area is 162 Å². The maximum absolute atomic E-state index is 12.7. The molecule has 6 heteroatoms. The first kappa shape index (κ1) is 20.0. The number of hydrogen-bond acceptors (Lipinski definition) is 3.